The lowest BCUT2D eigenvalue weighted by molar-refractivity contribution is -0.184. The summed E-state index contributed by atoms with van der Waals surface area (Å²) < 4.78 is 12.1. The van der Waals surface area contributed by atoms with Gasteiger partial charge in [-0.05, 0) is 25.1 Å². The highest BCUT2D eigenvalue weighted by Gasteiger charge is 2.66. The number of β-lactam (4-membered cyclic amide) rings is 1. The minimum absolute atomic E-state index is 0.0603. The van der Waals surface area contributed by atoms with Gasteiger partial charge in [-0.15, -0.1) is 0 Å². The molecule has 1 N–H and O–H groups in total. The number of nitrogens with one attached hydrogen (secondary N) is 1. The van der Waals surface area contributed by atoms with E-state index in [4.69, 9.17) is 9.16 Å². The molecule has 1 saturated heterocycles. The number of hydrogen-bond donors (Lipinski definition) is 1. The van der Waals surface area contributed by atoms with Crippen molar-refractivity contribution in [2.45, 2.75) is 83.8 Å². The molecule has 0 aromatic carbocycles. The summed E-state index contributed by atoms with van der Waals surface area (Å²) in [5, 5.41) is 2.08. The number of carbonyl (C=O) groups is 2. The van der Waals surface area contributed by atoms with Crippen LogP contribution in [0.2, 0.25) is 37.8 Å². The van der Waals surface area contributed by atoms with Crippen LogP contribution in [-0.4, -0.2) is 39.7 Å². The number of hydrogen-bond acceptors (Lipinski definition) is 4. The lowest BCUT2D eigenvalue weighted by Gasteiger charge is -2.57. The van der Waals surface area contributed by atoms with Crippen LogP contribution in [0.5, 0.6) is 0 Å². The molecule has 0 saturated carbocycles. The maximum absolute atomic E-state index is 12.3. The van der Waals surface area contributed by atoms with Gasteiger partial charge in [0.25, 0.3) is 0 Å². The maximum atomic E-state index is 12.3. The first-order valence-corrected chi connectivity index (χ1v) is 14.7. The lowest BCUT2D eigenvalue weighted by Crippen LogP contribution is -2.82. The smallest absolute Gasteiger partial charge is 0.304 e. The number of rotatable bonds is 5. The summed E-state index contributed by atoms with van der Waals surface area (Å²) in [7, 11) is -4.02. The molecule has 0 radical (unpaired) electrons. The predicted octanol–water partition coefficient (Wildman–Crippen LogP) is 3.28. The fourth-order valence-corrected chi connectivity index (χ4v) is 6.49. The molecule has 7 heteroatoms. The fourth-order valence-electron chi connectivity index (χ4n) is 2.82. The zero-order chi connectivity index (χ0) is 18.4. The van der Waals surface area contributed by atoms with Crippen LogP contribution in [-0.2, 0) is 18.8 Å². The SMILES string of the molecule is CC(=O)O[C@]1([Si](C)(C)C)NC(=O)[C@H]1[C@@H](C)O[Si](C)(C)C(C)(C)C. The number of carbonyl (C=O) groups excluding carboxylic acids is 2. The van der Waals surface area contributed by atoms with Crippen LogP contribution in [0.3, 0.4) is 0 Å². The Labute approximate surface area is 142 Å². The van der Waals surface area contributed by atoms with E-state index in [0.29, 0.717) is 0 Å². The van der Waals surface area contributed by atoms with Crippen LogP contribution in [0.4, 0.5) is 0 Å². The van der Waals surface area contributed by atoms with Crippen LogP contribution < -0.4 is 5.32 Å². The molecular formula is C16H33NO4Si2. The van der Waals surface area contributed by atoms with Crippen LogP contribution in [0.1, 0.15) is 34.6 Å². The molecule has 0 aromatic rings. The molecule has 1 heterocycles. The van der Waals surface area contributed by atoms with Crippen LogP contribution in [0, 0.1) is 5.92 Å². The van der Waals surface area contributed by atoms with Crippen molar-refractivity contribution in [1.29, 1.82) is 0 Å². The van der Waals surface area contributed by atoms with Gasteiger partial charge in [0.15, 0.2) is 13.7 Å². The van der Waals surface area contributed by atoms with Crippen molar-refractivity contribution in [2.75, 3.05) is 0 Å². The van der Waals surface area contributed by atoms with Crippen molar-refractivity contribution in [3.8, 4) is 0 Å². The van der Waals surface area contributed by atoms with Crippen LogP contribution >= 0.6 is 0 Å². The van der Waals surface area contributed by atoms with Gasteiger partial charge in [-0.2, -0.15) is 0 Å². The van der Waals surface area contributed by atoms with E-state index in [-0.39, 0.29) is 23.0 Å². The Morgan fingerprint density at radius 2 is 1.70 bits per heavy atom. The summed E-state index contributed by atoms with van der Waals surface area (Å²) in [5.74, 6) is -0.885. The third-order valence-corrected chi connectivity index (χ3v) is 12.5. The molecular weight excluding hydrogens is 326 g/mol. The molecule has 1 rings (SSSR count). The second kappa shape index (κ2) is 6.00. The highest BCUT2D eigenvalue weighted by molar-refractivity contribution is 6.80. The largest absolute Gasteiger partial charge is 0.442 e. The van der Waals surface area contributed by atoms with Gasteiger partial charge < -0.3 is 14.5 Å². The van der Waals surface area contributed by atoms with Gasteiger partial charge >= 0.3 is 5.97 Å². The topological polar surface area (TPSA) is 64.6 Å². The normalized spacial score (nSPS) is 27.0. The van der Waals surface area contributed by atoms with E-state index >= 15 is 0 Å². The predicted molar refractivity (Wildman–Crippen MR) is 97.2 cm³/mol. The van der Waals surface area contributed by atoms with Crippen molar-refractivity contribution in [2.24, 2.45) is 5.92 Å². The molecule has 134 valence electrons. The van der Waals surface area contributed by atoms with Gasteiger partial charge in [0.1, 0.15) is 14.0 Å². The first kappa shape index (κ1) is 20.4. The Morgan fingerprint density at radius 3 is 2.00 bits per heavy atom. The zero-order valence-corrected chi connectivity index (χ0v) is 18.3. The third-order valence-electron chi connectivity index (χ3n) is 5.20. The lowest BCUT2D eigenvalue weighted by atomic mass is 9.92. The maximum Gasteiger partial charge on any atom is 0.304 e. The fraction of sp³-hybridized carbons (Fsp3) is 0.875. The average Bonchev–Trinajstić information content (AvgIpc) is 2.22. The molecule has 5 nitrogen and oxygen atoms in total. The molecule has 1 fully saturated rings. The third kappa shape index (κ3) is 3.71. The highest BCUT2D eigenvalue weighted by Crippen LogP contribution is 2.44. The molecule has 0 spiro atoms. The summed E-state index contributed by atoms with van der Waals surface area (Å²) in [6, 6.07) is 0. The average molecular weight is 360 g/mol. The Morgan fingerprint density at radius 1 is 1.22 bits per heavy atom. The molecule has 0 aliphatic carbocycles. The molecule has 1 aliphatic rings. The Hall–Kier alpha value is -0.666. The van der Waals surface area contributed by atoms with E-state index in [1.165, 1.54) is 6.92 Å². The molecule has 0 unspecified atom stereocenters. The molecule has 1 aliphatic heterocycles. The first-order valence-electron chi connectivity index (χ1n) is 8.24. The second-order valence-electron chi connectivity index (χ2n) is 9.13. The minimum atomic E-state index is -2.02. The van der Waals surface area contributed by atoms with Gasteiger partial charge in [0.05, 0.1) is 6.10 Å². The summed E-state index contributed by atoms with van der Waals surface area (Å²) in [6.45, 7) is 20.5. The van der Waals surface area contributed by atoms with E-state index in [0.717, 1.165) is 0 Å². The Balaban J connectivity index is 3.12. The number of esters is 1. The quantitative estimate of drug-likeness (QED) is 0.465. The monoisotopic (exact) mass is 359 g/mol. The number of amides is 1. The van der Waals surface area contributed by atoms with E-state index in [1.807, 2.05) is 6.92 Å². The van der Waals surface area contributed by atoms with Gasteiger partial charge in [0.2, 0.25) is 5.91 Å². The summed E-state index contributed by atoms with van der Waals surface area (Å²) >= 11 is 0. The molecule has 23 heavy (non-hydrogen) atoms. The minimum Gasteiger partial charge on any atom is -0.442 e. The molecule has 0 bridgehead atoms. The van der Waals surface area contributed by atoms with E-state index in [2.05, 4.69) is 58.8 Å². The van der Waals surface area contributed by atoms with E-state index in [1.54, 1.807) is 0 Å². The molecule has 3 atom stereocenters. The van der Waals surface area contributed by atoms with Gasteiger partial charge in [0, 0.05) is 6.92 Å². The highest BCUT2D eigenvalue weighted by atomic mass is 28.4. The summed E-state index contributed by atoms with van der Waals surface area (Å²) in [6.07, 6.45) is -0.282. The Kier molecular flexibility index (Phi) is 5.32. The van der Waals surface area contributed by atoms with Crippen molar-refractivity contribution >= 4 is 28.3 Å². The molecule has 0 aromatic heterocycles. The van der Waals surface area contributed by atoms with Crippen molar-refractivity contribution in [3.63, 3.8) is 0 Å². The van der Waals surface area contributed by atoms with Crippen molar-refractivity contribution in [1.82, 2.24) is 5.32 Å². The number of ether oxygens (including phenoxy) is 1. The van der Waals surface area contributed by atoms with Crippen LogP contribution in [0.25, 0.3) is 0 Å². The van der Waals surface area contributed by atoms with Gasteiger partial charge in [-0.3, -0.25) is 9.59 Å². The summed E-state index contributed by atoms with van der Waals surface area (Å²) in [5.41, 5.74) is 0. The van der Waals surface area contributed by atoms with Gasteiger partial charge in [-0.1, -0.05) is 40.4 Å². The summed E-state index contributed by atoms with van der Waals surface area (Å²) in [4.78, 5) is 23.9. The zero-order valence-electron chi connectivity index (χ0n) is 16.3. The second-order valence-corrected chi connectivity index (χ2v) is 19.1. The first-order chi connectivity index (χ1) is 10.1. The molecule has 1 amide bonds. The standard InChI is InChI=1S/C16H33NO4Si2/c1-11(21-23(9,10)15(3,4)5)13-14(19)17-16(13,20-12(2)18)22(6,7)8/h11,13H,1-10H3,(H,17,19)/t11-,13-,16-/m1/s1. The van der Waals surface area contributed by atoms with Crippen LogP contribution in [0.15, 0.2) is 0 Å². The Bertz CT molecular complexity index is 493. The van der Waals surface area contributed by atoms with E-state index in [9.17, 15) is 9.59 Å². The van der Waals surface area contributed by atoms with Gasteiger partial charge in [-0.25, -0.2) is 0 Å². The van der Waals surface area contributed by atoms with E-state index < -0.39 is 27.7 Å². The van der Waals surface area contributed by atoms with Crippen molar-refractivity contribution in [3.05, 3.63) is 0 Å². The van der Waals surface area contributed by atoms with Crippen molar-refractivity contribution < 1.29 is 18.8 Å².